The molecule has 0 amide bonds. The van der Waals surface area contributed by atoms with Crippen LogP contribution in [0.25, 0.3) is 22.0 Å². The third-order valence-corrected chi connectivity index (χ3v) is 5.94. The predicted molar refractivity (Wildman–Crippen MR) is 132 cm³/mol. The van der Waals surface area contributed by atoms with Crippen molar-refractivity contribution in [3.8, 4) is 28.8 Å². The fourth-order valence-corrected chi connectivity index (χ4v) is 4.02. The van der Waals surface area contributed by atoms with Gasteiger partial charge >= 0.3 is 11.4 Å². The van der Waals surface area contributed by atoms with Gasteiger partial charge in [0.15, 0.2) is 5.75 Å². The zero-order valence-electron chi connectivity index (χ0n) is 19.1. The van der Waals surface area contributed by atoms with Crippen LogP contribution in [0, 0.1) is 21.4 Å². The molecule has 2 N–H and O–H groups in total. The van der Waals surface area contributed by atoms with Gasteiger partial charge in [-0.2, -0.15) is 5.26 Å². The summed E-state index contributed by atoms with van der Waals surface area (Å²) >= 11 is 6.45. The Balaban J connectivity index is 1.87. The van der Waals surface area contributed by atoms with Crippen LogP contribution < -0.4 is 21.3 Å². The summed E-state index contributed by atoms with van der Waals surface area (Å²) in [6, 6.07) is 9.11. The molecule has 4 aromatic rings. The Kier molecular flexibility index (Phi) is 6.09. The SMILES string of the molecule is COc1cc2ncc(C#N)c(Nc3ccc(-c4c(O)n(C)c(=O)n(C)c4=O)c(Cl)c3)c2cc1[N+](=O)[O-]. The lowest BCUT2D eigenvalue weighted by Crippen LogP contribution is -2.37. The summed E-state index contributed by atoms with van der Waals surface area (Å²) in [5, 5.41) is 35.0. The van der Waals surface area contributed by atoms with Crippen LogP contribution in [0.5, 0.6) is 11.6 Å². The van der Waals surface area contributed by atoms with Crippen LogP contribution in [0.2, 0.25) is 5.02 Å². The molecule has 36 heavy (non-hydrogen) atoms. The third kappa shape index (κ3) is 3.87. The van der Waals surface area contributed by atoms with Crippen LogP contribution in [0.15, 0.2) is 46.1 Å². The van der Waals surface area contributed by atoms with Crippen LogP contribution in [-0.4, -0.2) is 31.3 Å². The van der Waals surface area contributed by atoms with Gasteiger partial charge in [-0.15, -0.1) is 0 Å². The fourth-order valence-electron chi connectivity index (χ4n) is 3.74. The molecule has 0 saturated carbocycles. The Morgan fingerprint density at radius 3 is 2.56 bits per heavy atom. The van der Waals surface area contributed by atoms with E-state index in [1.165, 1.54) is 57.7 Å². The number of aromatic nitrogens is 3. The largest absolute Gasteiger partial charge is 0.494 e. The van der Waals surface area contributed by atoms with E-state index in [0.717, 1.165) is 9.13 Å². The van der Waals surface area contributed by atoms with E-state index >= 15 is 0 Å². The number of hydrogen-bond donors (Lipinski definition) is 2. The highest BCUT2D eigenvalue weighted by Crippen LogP contribution is 2.38. The van der Waals surface area contributed by atoms with Gasteiger partial charge in [0.1, 0.15) is 11.6 Å². The van der Waals surface area contributed by atoms with Crippen LogP contribution in [0.1, 0.15) is 5.56 Å². The molecule has 182 valence electrons. The van der Waals surface area contributed by atoms with Crippen molar-refractivity contribution < 1.29 is 14.8 Å². The number of nitriles is 1. The fraction of sp³-hybridized carbons (Fsp3) is 0.130. The number of ether oxygens (including phenoxy) is 1. The van der Waals surface area contributed by atoms with Crippen LogP contribution in [0.4, 0.5) is 17.1 Å². The number of nitrogens with one attached hydrogen (secondary N) is 1. The second-order valence-corrected chi connectivity index (χ2v) is 8.09. The molecule has 0 fully saturated rings. The summed E-state index contributed by atoms with van der Waals surface area (Å²) in [5.74, 6) is -0.527. The topological polar surface area (TPSA) is 165 Å². The first-order valence-electron chi connectivity index (χ1n) is 10.2. The van der Waals surface area contributed by atoms with Crippen LogP contribution in [0.3, 0.4) is 0 Å². The molecular formula is C23H17ClN6O6. The van der Waals surface area contributed by atoms with Crippen molar-refractivity contribution in [3.63, 3.8) is 0 Å². The summed E-state index contributed by atoms with van der Waals surface area (Å²) in [6.45, 7) is 0. The summed E-state index contributed by atoms with van der Waals surface area (Å²) in [7, 11) is 3.90. The number of nitro groups is 1. The maximum absolute atomic E-state index is 12.7. The van der Waals surface area contributed by atoms with E-state index in [2.05, 4.69) is 10.3 Å². The second kappa shape index (κ2) is 9.05. The van der Waals surface area contributed by atoms with Gasteiger partial charge in [-0.1, -0.05) is 17.7 Å². The number of hydrogen-bond acceptors (Lipinski definition) is 9. The lowest BCUT2D eigenvalue weighted by atomic mass is 10.1. The summed E-state index contributed by atoms with van der Waals surface area (Å²) in [6.07, 6.45) is 1.32. The molecule has 0 atom stereocenters. The molecular weight excluding hydrogens is 492 g/mol. The number of benzene rings is 2. The van der Waals surface area contributed by atoms with Crippen LogP contribution >= 0.6 is 11.6 Å². The van der Waals surface area contributed by atoms with E-state index in [-0.39, 0.29) is 38.8 Å². The average Bonchev–Trinajstić information content (AvgIpc) is 2.86. The molecule has 13 heteroatoms. The van der Waals surface area contributed by atoms with Crippen molar-refractivity contribution in [2.45, 2.75) is 0 Å². The third-order valence-electron chi connectivity index (χ3n) is 5.63. The van der Waals surface area contributed by atoms with Gasteiger partial charge in [-0.25, -0.2) is 4.79 Å². The minimum absolute atomic E-state index is 0.0155. The van der Waals surface area contributed by atoms with E-state index in [1.54, 1.807) is 0 Å². The van der Waals surface area contributed by atoms with E-state index in [0.29, 0.717) is 16.6 Å². The Morgan fingerprint density at radius 1 is 1.22 bits per heavy atom. The molecule has 0 unspecified atom stereocenters. The number of nitro benzene ring substituents is 1. The molecule has 2 aromatic heterocycles. The number of methoxy groups -OCH3 is 1. The van der Waals surface area contributed by atoms with Crippen molar-refractivity contribution >= 4 is 39.6 Å². The Morgan fingerprint density at radius 2 is 1.94 bits per heavy atom. The standard InChI is InChI=1S/C23H17ClN6O6/c1-28-21(31)19(22(32)29(2)23(28)33)13-5-4-12(6-15(13)24)27-20-11(9-25)10-26-16-8-18(36-3)17(30(34)35)7-14(16)20/h4-8,10,31H,1-3H3,(H,26,27). The van der Waals surface area contributed by atoms with Crippen molar-refractivity contribution in [1.29, 1.82) is 5.26 Å². The van der Waals surface area contributed by atoms with Gasteiger partial charge in [0.2, 0.25) is 5.88 Å². The first-order valence-corrected chi connectivity index (χ1v) is 10.6. The molecule has 0 radical (unpaired) electrons. The number of nitrogens with zero attached hydrogens (tertiary/aromatic N) is 5. The van der Waals surface area contributed by atoms with Gasteiger partial charge in [-0.3, -0.25) is 29.0 Å². The van der Waals surface area contributed by atoms with E-state index < -0.39 is 22.1 Å². The molecule has 0 aliphatic carbocycles. The molecule has 0 saturated heterocycles. The van der Waals surface area contributed by atoms with Crippen molar-refractivity contribution in [3.05, 3.63) is 78.1 Å². The normalized spacial score (nSPS) is 10.8. The van der Waals surface area contributed by atoms with Gasteiger partial charge in [0.25, 0.3) is 5.56 Å². The number of fused-ring (bicyclic) bond motifs is 1. The predicted octanol–water partition coefficient (Wildman–Crippen LogP) is 3.19. The van der Waals surface area contributed by atoms with Crippen molar-refractivity contribution in [1.82, 2.24) is 14.1 Å². The van der Waals surface area contributed by atoms with Gasteiger partial charge in [-0.05, 0) is 12.1 Å². The molecule has 2 heterocycles. The first-order chi connectivity index (χ1) is 17.1. The van der Waals surface area contributed by atoms with Crippen molar-refractivity contribution in [2.24, 2.45) is 14.1 Å². The summed E-state index contributed by atoms with van der Waals surface area (Å²) in [4.78, 5) is 39.8. The van der Waals surface area contributed by atoms with Gasteiger partial charge in [0, 0.05) is 49.1 Å². The number of rotatable bonds is 5. The maximum atomic E-state index is 12.7. The molecule has 0 aliphatic rings. The van der Waals surface area contributed by atoms with Gasteiger partial charge < -0.3 is 15.2 Å². The van der Waals surface area contributed by atoms with E-state index in [9.17, 15) is 30.1 Å². The highest BCUT2D eigenvalue weighted by atomic mass is 35.5. The Bertz CT molecular complexity index is 1740. The van der Waals surface area contributed by atoms with Crippen molar-refractivity contribution in [2.75, 3.05) is 12.4 Å². The quantitative estimate of drug-likeness (QED) is 0.304. The van der Waals surface area contributed by atoms with Gasteiger partial charge in [0.05, 0.1) is 33.8 Å². The number of anilines is 2. The Labute approximate surface area is 207 Å². The number of pyridine rings is 1. The minimum Gasteiger partial charge on any atom is -0.494 e. The smallest absolute Gasteiger partial charge is 0.333 e. The highest BCUT2D eigenvalue weighted by molar-refractivity contribution is 6.33. The molecule has 4 rings (SSSR count). The molecule has 2 aromatic carbocycles. The number of aromatic hydroxyl groups is 1. The lowest BCUT2D eigenvalue weighted by molar-refractivity contribution is -0.385. The number of halogens is 1. The van der Waals surface area contributed by atoms with Crippen LogP contribution in [-0.2, 0) is 14.1 Å². The summed E-state index contributed by atoms with van der Waals surface area (Å²) < 4.78 is 6.86. The molecule has 0 spiro atoms. The first kappa shape index (κ1) is 24.2. The maximum Gasteiger partial charge on any atom is 0.333 e. The highest BCUT2D eigenvalue weighted by Gasteiger charge is 2.22. The van der Waals surface area contributed by atoms with E-state index in [4.69, 9.17) is 16.3 Å². The molecule has 12 nitrogen and oxygen atoms in total. The zero-order valence-corrected chi connectivity index (χ0v) is 19.8. The minimum atomic E-state index is -0.730. The average molecular weight is 509 g/mol. The zero-order chi connectivity index (χ0) is 26.3. The molecule has 0 bridgehead atoms. The summed E-state index contributed by atoms with van der Waals surface area (Å²) in [5.41, 5.74) is -0.625. The lowest BCUT2D eigenvalue weighted by Gasteiger charge is -2.15. The monoisotopic (exact) mass is 508 g/mol. The Hall–Kier alpha value is -4.89. The molecule has 0 aliphatic heterocycles. The van der Waals surface area contributed by atoms with E-state index in [1.807, 2.05) is 6.07 Å². The second-order valence-electron chi connectivity index (χ2n) is 7.68.